The number of aliphatic hydroxyl groups excluding tert-OH is 1. The molecule has 3 heterocycles. The molecule has 0 spiro atoms. The highest BCUT2D eigenvalue weighted by Crippen LogP contribution is 2.30. The molecule has 0 aliphatic carbocycles. The van der Waals surface area contributed by atoms with Crippen LogP contribution in [0.5, 0.6) is 0 Å². The van der Waals surface area contributed by atoms with Crippen molar-refractivity contribution < 1.29 is 19.4 Å². The Morgan fingerprint density at radius 2 is 1.84 bits per heavy atom. The predicted molar refractivity (Wildman–Crippen MR) is 123 cm³/mol. The average Bonchev–Trinajstić information content (AvgIpc) is 3.36. The Morgan fingerprint density at radius 3 is 2.50 bits per heavy atom. The van der Waals surface area contributed by atoms with E-state index in [1.807, 2.05) is 29.2 Å². The molecule has 0 aromatic heterocycles. The van der Waals surface area contributed by atoms with Gasteiger partial charge in [-0.3, -0.25) is 14.5 Å². The van der Waals surface area contributed by atoms with Crippen molar-refractivity contribution in [1.29, 1.82) is 0 Å². The van der Waals surface area contributed by atoms with Gasteiger partial charge in [-0.1, -0.05) is 13.8 Å². The number of amides is 1. The molecule has 1 unspecified atom stereocenters. The van der Waals surface area contributed by atoms with Gasteiger partial charge in [0.25, 0.3) is 5.91 Å². The Balaban J connectivity index is 1.42. The third-order valence-corrected chi connectivity index (χ3v) is 6.89. The Bertz CT molecular complexity index is 807. The normalized spacial score (nSPS) is 26.4. The zero-order valence-corrected chi connectivity index (χ0v) is 19.4. The van der Waals surface area contributed by atoms with Crippen LogP contribution in [0.1, 0.15) is 37.0 Å². The summed E-state index contributed by atoms with van der Waals surface area (Å²) in [5.41, 5.74) is 1.69. The fourth-order valence-electron chi connectivity index (χ4n) is 5.06. The maximum atomic E-state index is 13.0. The minimum Gasteiger partial charge on any atom is -0.376 e. The van der Waals surface area contributed by atoms with E-state index in [2.05, 4.69) is 36.0 Å². The lowest BCUT2D eigenvalue weighted by Crippen LogP contribution is -2.55. The number of aliphatic hydroxyl groups is 1. The van der Waals surface area contributed by atoms with E-state index >= 15 is 0 Å². The largest absolute Gasteiger partial charge is 0.376 e. The van der Waals surface area contributed by atoms with Gasteiger partial charge in [0, 0.05) is 44.0 Å². The second kappa shape index (κ2) is 9.87. The molecule has 8 heteroatoms. The van der Waals surface area contributed by atoms with Crippen molar-refractivity contribution >= 4 is 17.4 Å². The minimum absolute atomic E-state index is 0.0145. The number of nitrogens with zero attached hydrogens (tertiary/aromatic N) is 3. The molecule has 8 nitrogen and oxygen atoms in total. The number of benzene rings is 1. The molecule has 0 saturated carbocycles. The van der Waals surface area contributed by atoms with Crippen LogP contribution >= 0.6 is 0 Å². The summed E-state index contributed by atoms with van der Waals surface area (Å²) in [7, 11) is 2.13. The number of likely N-dealkylation sites (tertiary alicyclic amines) is 1. The number of fused-ring (bicyclic) bond motifs is 1. The van der Waals surface area contributed by atoms with E-state index in [-0.39, 0.29) is 30.3 Å². The van der Waals surface area contributed by atoms with Gasteiger partial charge >= 0.3 is 0 Å². The van der Waals surface area contributed by atoms with Crippen molar-refractivity contribution in [3.63, 3.8) is 0 Å². The zero-order valence-electron chi connectivity index (χ0n) is 19.4. The van der Waals surface area contributed by atoms with Crippen LogP contribution in [-0.2, 0) is 9.53 Å². The second-order valence-corrected chi connectivity index (χ2v) is 9.75. The van der Waals surface area contributed by atoms with Gasteiger partial charge in [0.2, 0.25) is 0 Å². The van der Waals surface area contributed by atoms with E-state index in [9.17, 15) is 14.7 Å². The molecule has 32 heavy (non-hydrogen) atoms. The van der Waals surface area contributed by atoms with E-state index in [1.165, 1.54) is 0 Å². The van der Waals surface area contributed by atoms with E-state index < -0.39 is 18.3 Å². The lowest BCUT2D eigenvalue weighted by molar-refractivity contribution is -0.125. The molecule has 4 rings (SSSR count). The summed E-state index contributed by atoms with van der Waals surface area (Å²) in [6.45, 7) is 8.84. The van der Waals surface area contributed by atoms with Gasteiger partial charge in [0.1, 0.15) is 12.8 Å². The first-order valence-corrected chi connectivity index (χ1v) is 11.8. The van der Waals surface area contributed by atoms with E-state index in [0.717, 1.165) is 38.3 Å². The molecule has 4 atom stereocenters. The third-order valence-electron chi connectivity index (χ3n) is 6.89. The fraction of sp³-hybridized carbons (Fsp3) is 0.667. The molecule has 3 aliphatic heterocycles. The van der Waals surface area contributed by atoms with Crippen molar-refractivity contribution in [3.8, 4) is 0 Å². The molecule has 176 valence electrons. The number of Topliss-reactive ketones (excluding diaryl/α,β-unsaturated/α-hetero) is 1. The quantitative estimate of drug-likeness (QED) is 0.648. The highest BCUT2D eigenvalue weighted by Gasteiger charge is 2.48. The van der Waals surface area contributed by atoms with Gasteiger partial charge in [-0.25, -0.2) is 0 Å². The molecule has 3 aliphatic rings. The van der Waals surface area contributed by atoms with Crippen molar-refractivity contribution in [2.45, 2.75) is 51.1 Å². The number of hydrogen-bond donors (Lipinski definition) is 2. The number of anilines is 1. The van der Waals surface area contributed by atoms with Crippen molar-refractivity contribution in [2.75, 3.05) is 51.3 Å². The van der Waals surface area contributed by atoms with E-state index in [0.29, 0.717) is 18.5 Å². The highest BCUT2D eigenvalue weighted by molar-refractivity contribution is 5.94. The minimum atomic E-state index is -0.924. The second-order valence-electron chi connectivity index (χ2n) is 9.75. The average molecular weight is 445 g/mol. The highest BCUT2D eigenvalue weighted by atomic mass is 16.5. The van der Waals surface area contributed by atoms with Gasteiger partial charge in [-0.15, -0.1) is 0 Å². The van der Waals surface area contributed by atoms with Crippen LogP contribution in [0.4, 0.5) is 5.69 Å². The Hall–Kier alpha value is -2.00. The number of piperazine rings is 1. The summed E-state index contributed by atoms with van der Waals surface area (Å²) < 4.78 is 5.55. The van der Waals surface area contributed by atoms with Crippen LogP contribution in [-0.4, -0.2) is 97.4 Å². The van der Waals surface area contributed by atoms with E-state index in [1.54, 1.807) is 0 Å². The lowest BCUT2D eigenvalue weighted by Gasteiger charge is -2.35. The number of ketones is 1. The zero-order chi connectivity index (χ0) is 22.8. The summed E-state index contributed by atoms with van der Waals surface area (Å²) in [4.78, 5) is 31.7. The van der Waals surface area contributed by atoms with Crippen LogP contribution in [0.25, 0.3) is 0 Å². The smallest absolute Gasteiger partial charge is 0.251 e. The summed E-state index contributed by atoms with van der Waals surface area (Å²) in [5, 5.41) is 14.2. The van der Waals surface area contributed by atoms with Gasteiger partial charge < -0.3 is 25.0 Å². The number of rotatable bonds is 7. The van der Waals surface area contributed by atoms with Gasteiger partial charge in [0.05, 0.1) is 18.2 Å². The van der Waals surface area contributed by atoms with Crippen molar-refractivity contribution in [2.24, 2.45) is 5.92 Å². The number of nitrogens with one attached hydrogen (secondary N) is 1. The van der Waals surface area contributed by atoms with Crippen LogP contribution in [0.15, 0.2) is 24.3 Å². The number of ether oxygens (including phenoxy) is 1. The number of likely N-dealkylation sites (N-methyl/N-ethyl adjacent to an activating group) is 1. The third kappa shape index (κ3) is 4.98. The summed E-state index contributed by atoms with van der Waals surface area (Å²) in [6.07, 6.45) is 0.278. The molecular formula is C24H36N4O4. The number of carbonyl (C=O) groups excluding carboxylic acids is 2. The molecule has 0 radical (unpaired) electrons. The van der Waals surface area contributed by atoms with Gasteiger partial charge in [0.15, 0.2) is 5.78 Å². The molecule has 3 fully saturated rings. The Labute approximate surface area is 190 Å². The first kappa shape index (κ1) is 23.2. The number of carbonyl (C=O) groups is 2. The fourth-order valence-corrected chi connectivity index (χ4v) is 5.06. The SMILES string of the molecule is CC(C)C[C@H](NC(=O)c1ccc(N2CCN(C)CC2)cc1)C(O)N1CC[C@H]2OCC(=O)[C@H]21. The van der Waals surface area contributed by atoms with Crippen molar-refractivity contribution in [3.05, 3.63) is 29.8 Å². The van der Waals surface area contributed by atoms with Crippen molar-refractivity contribution in [1.82, 2.24) is 15.1 Å². The molecule has 3 saturated heterocycles. The Morgan fingerprint density at radius 1 is 1.16 bits per heavy atom. The topological polar surface area (TPSA) is 85.3 Å². The van der Waals surface area contributed by atoms with Crippen LogP contribution < -0.4 is 10.2 Å². The predicted octanol–water partition coefficient (Wildman–Crippen LogP) is 0.944. The first-order chi connectivity index (χ1) is 15.3. The van der Waals surface area contributed by atoms with Crippen LogP contribution in [0.3, 0.4) is 0 Å². The standard InChI is InChI=1S/C24H36N4O4/c1-16(2)14-19(24(31)28-9-8-21-22(28)20(29)15-32-21)25-23(30)17-4-6-18(7-5-17)27-12-10-26(3)11-13-27/h4-7,16,19,21-22,24,31H,8-15H2,1-3H3,(H,25,30)/t19-,21+,22+,24?/m0/s1. The molecule has 1 amide bonds. The maximum absolute atomic E-state index is 13.0. The molecule has 1 aromatic carbocycles. The molecule has 2 N–H and O–H groups in total. The van der Waals surface area contributed by atoms with Gasteiger partial charge in [-0.05, 0) is 50.1 Å². The lowest BCUT2D eigenvalue weighted by atomic mass is 10.00. The van der Waals surface area contributed by atoms with E-state index in [4.69, 9.17) is 4.74 Å². The first-order valence-electron chi connectivity index (χ1n) is 11.8. The summed E-state index contributed by atoms with van der Waals surface area (Å²) >= 11 is 0. The maximum Gasteiger partial charge on any atom is 0.251 e. The summed E-state index contributed by atoms with van der Waals surface area (Å²) in [5.74, 6) is 0.0912. The summed E-state index contributed by atoms with van der Waals surface area (Å²) in [6, 6.07) is 6.82. The van der Waals surface area contributed by atoms with Gasteiger partial charge in [-0.2, -0.15) is 0 Å². The molecule has 0 bridgehead atoms. The molecular weight excluding hydrogens is 408 g/mol. The van der Waals surface area contributed by atoms with Crippen LogP contribution in [0.2, 0.25) is 0 Å². The monoisotopic (exact) mass is 444 g/mol. The Kier molecular flexibility index (Phi) is 7.14. The number of hydrogen-bond acceptors (Lipinski definition) is 7. The van der Waals surface area contributed by atoms with Crippen LogP contribution in [0, 0.1) is 5.92 Å². The molecule has 1 aromatic rings.